The van der Waals surface area contributed by atoms with Crippen molar-refractivity contribution in [3.8, 4) is 0 Å². The van der Waals surface area contributed by atoms with Crippen molar-refractivity contribution in [2.75, 3.05) is 26.2 Å². The summed E-state index contributed by atoms with van der Waals surface area (Å²) in [5, 5.41) is 19.4. The first-order valence-electron chi connectivity index (χ1n) is 9.29. The normalized spacial score (nSPS) is 47.3. The van der Waals surface area contributed by atoms with Crippen molar-refractivity contribution in [2.24, 2.45) is 29.6 Å². The van der Waals surface area contributed by atoms with Crippen LogP contribution in [0.4, 0.5) is 0 Å². The number of aliphatic hydroxyl groups excluding tert-OH is 2. The molecule has 1 heterocycles. The number of likely N-dealkylation sites (tertiary alicyclic amines) is 1. The van der Waals surface area contributed by atoms with Gasteiger partial charge in [0.1, 0.15) is 0 Å². The third-order valence-electron chi connectivity index (χ3n) is 6.87. The van der Waals surface area contributed by atoms with Crippen LogP contribution in [0.1, 0.15) is 51.9 Å². The molecule has 21 heavy (non-hydrogen) atoms. The molecule has 5 unspecified atom stereocenters. The Hall–Kier alpha value is -0.120. The van der Waals surface area contributed by atoms with Crippen LogP contribution in [0.15, 0.2) is 0 Å². The molecule has 0 radical (unpaired) electrons. The molecule has 3 rings (SSSR count). The Bertz CT molecular complexity index is 327. The first-order chi connectivity index (χ1) is 10.2. The van der Waals surface area contributed by atoms with Crippen molar-refractivity contribution in [3.05, 3.63) is 0 Å². The van der Waals surface area contributed by atoms with Crippen LogP contribution in [0, 0.1) is 29.6 Å². The smallest absolute Gasteiger partial charge is 0.0824 e. The highest BCUT2D eigenvalue weighted by atomic mass is 16.3. The summed E-state index contributed by atoms with van der Waals surface area (Å²) in [5.74, 6) is 3.92. The molecule has 3 fully saturated rings. The van der Waals surface area contributed by atoms with E-state index in [1.54, 1.807) is 4.90 Å². The lowest BCUT2D eigenvalue weighted by Gasteiger charge is -2.39. The molecule has 3 heteroatoms. The maximum absolute atomic E-state index is 9.75. The largest absolute Gasteiger partial charge is 0.396 e. The highest BCUT2D eigenvalue weighted by Gasteiger charge is 2.45. The van der Waals surface area contributed by atoms with Crippen LogP contribution in [0.25, 0.3) is 0 Å². The molecule has 0 amide bonds. The number of piperidine rings is 1. The summed E-state index contributed by atoms with van der Waals surface area (Å²) in [6, 6.07) is 0. The highest BCUT2D eigenvalue weighted by Crippen LogP contribution is 2.41. The van der Waals surface area contributed by atoms with Gasteiger partial charge in [-0.25, -0.2) is 0 Å². The van der Waals surface area contributed by atoms with Crippen LogP contribution >= 0.6 is 0 Å². The van der Waals surface area contributed by atoms with Crippen molar-refractivity contribution >= 4 is 0 Å². The lowest BCUT2D eigenvalue weighted by molar-refractivity contribution is -0.915. The molecule has 3 aliphatic rings. The van der Waals surface area contributed by atoms with Gasteiger partial charge >= 0.3 is 0 Å². The standard InChI is InChI=1S/C18H33NO2/c1-13-2-7-17-15(12-20)10-19(11-18(13)17)9-8-14-3-5-16(21)6-4-14/h13-18,20-21H,2-12H2,1H3/p+1. The van der Waals surface area contributed by atoms with Gasteiger partial charge in [0, 0.05) is 11.8 Å². The monoisotopic (exact) mass is 296 g/mol. The van der Waals surface area contributed by atoms with E-state index in [1.165, 1.54) is 51.7 Å². The first kappa shape index (κ1) is 15.8. The molecule has 5 atom stereocenters. The zero-order valence-electron chi connectivity index (χ0n) is 13.6. The molecule has 3 nitrogen and oxygen atoms in total. The van der Waals surface area contributed by atoms with E-state index in [2.05, 4.69) is 6.92 Å². The Morgan fingerprint density at radius 3 is 2.43 bits per heavy atom. The average molecular weight is 296 g/mol. The lowest BCUT2D eigenvalue weighted by Crippen LogP contribution is -3.15. The SMILES string of the molecule is CC1CCC2C(CO)C[NH+](CCC3CCC(O)CC3)CC12. The first-order valence-corrected chi connectivity index (χ1v) is 9.29. The van der Waals surface area contributed by atoms with E-state index in [9.17, 15) is 10.2 Å². The molecule has 0 spiro atoms. The van der Waals surface area contributed by atoms with Crippen LogP contribution < -0.4 is 4.90 Å². The van der Waals surface area contributed by atoms with Crippen molar-refractivity contribution in [2.45, 2.75) is 58.0 Å². The van der Waals surface area contributed by atoms with Crippen LogP contribution in [-0.4, -0.2) is 42.6 Å². The lowest BCUT2D eigenvalue weighted by atomic mass is 9.77. The second-order valence-electron chi connectivity index (χ2n) is 8.20. The van der Waals surface area contributed by atoms with E-state index in [4.69, 9.17) is 0 Å². The maximum Gasteiger partial charge on any atom is 0.0824 e. The van der Waals surface area contributed by atoms with Crippen LogP contribution in [0.3, 0.4) is 0 Å². The van der Waals surface area contributed by atoms with E-state index < -0.39 is 0 Å². The quantitative estimate of drug-likeness (QED) is 0.727. The Labute approximate surface area is 129 Å². The van der Waals surface area contributed by atoms with E-state index in [0.717, 1.165) is 36.5 Å². The van der Waals surface area contributed by atoms with E-state index in [1.807, 2.05) is 0 Å². The Morgan fingerprint density at radius 1 is 0.952 bits per heavy atom. The van der Waals surface area contributed by atoms with Gasteiger partial charge in [0.05, 0.1) is 32.3 Å². The van der Waals surface area contributed by atoms with Crippen molar-refractivity contribution in [1.29, 1.82) is 0 Å². The van der Waals surface area contributed by atoms with Gasteiger partial charge in [-0.05, 0) is 62.7 Å². The van der Waals surface area contributed by atoms with Crippen molar-refractivity contribution < 1.29 is 15.1 Å². The molecule has 2 saturated carbocycles. The summed E-state index contributed by atoms with van der Waals surface area (Å²) in [6.07, 6.45) is 8.50. The predicted octanol–water partition coefficient (Wildman–Crippen LogP) is 1.10. The Balaban J connectivity index is 1.49. The number of nitrogens with one attached hydrogen (secondary N) is 1. The fraction of sp³-hybridized carbons (Fsp3) is 1.00. The van der Waals surface area contributed by atoms with Crippen LogP contribution in [-0.2, 0) is 0 Å². The topological polar surface area (TPSA) is 44.9 Å². The van der Waals surface area contributed by atoms with Crippen LogP contribution in [0.5, 0.6) is 0 Å². The number of rotatable bonds is 4. The molecule has 0 bridgehead atoms. The van der Waals surface area contributed by atoms with Crippen LogP contribution in [0.2, 0.25) is 0 Å². The maximum atomic E-state index is 9.75. The fourth-order valence-corrected chi connectivity index (χ4v) is 5.43. The van der Waals surface area contributed by atoms with E-state index >= 15 is 0 Å². The van der Waals surface area contributed by atoms with Gasteiger partial charge in [-0.3, -0.25) is 0 Å². The van der Waals surface area contributed by atoms with Gasteiger partial charge in [-0.1, -0.05) is 6.92 Å². The fourth-order valence-electron chi connectivity index (χ4n) is 5.43. The molecular weight excluding hydrogens is 262 g/mol. The van der Waals surface area contributed by atoms with Gasteiger partial charge in [0.15, 0.2) is 0 Å². The average Bonchev–Trinajstić information content (AvgIpc) is 2.87. The van der Waals surface area contributed by atoms with E-state index in [-0.39, 0.29) is 6.10 Å². The molecule has 3 N–H and O–H groups in total. The predicted molar refractivity (Wildman–Crippen MR) is 84.1 cm³/mol. The van der Waals surface area contributed by atoms with Crippen molar-refractivity contribution in [3.63, 3.8) is 0 Å². The zero-order chi connectivity index (χ0) is 14.8. The number of hydrogen-bond donors (Lipinski definition) is 3. The summed E-state index contributed by atoms with van der Waals surface area (Å²) in [7, 11) is 0. The summed E-state index contributed by atoms with van der Waals surface area (Å²) < 4.78 is 0. The summed E-state index contributed by atoms with van der Waals surface area (Å²) in [5.41, 5.74) is 0. The third kappa shape index (κ3) is 3.62. The number of fused-ring (bicyclic) bond motifs is 1. The van der Waals surface area contributed by atoms with Gasteiger partial charge < -0.3 is 15.1 Å². The Kier molecular flexibility index (Phi) is 5.23. The molecule has 0 aromatic heterocycles. The third-order valence-corrected chi connectivity index (χ3v) is 6.87. The minimum absolute atomic E-state index is 0.0255. The van der Waals surface area contributed by atoms with Gasteiger partial charge in [0.2, 0.25) is 0 Å². The molecule has 0 aromatic rings. The summed E-state index contributed by atoms with van der Waals surface area (Å²) in [4.78, 5) is 1.75. The van der Waals surface area contributed by atoms with E-state index in [0.29, 0.717) is 12.5 Å². The molecular formula is C18H34NO2+. The highest BCUT2D eigenvalue weighted by molar-refractivity contribution is 4.88. The Morgan fingerprint density at radius 2 is 1.71 bits per heavy atom. The summed E-state index contributed by atoms with van der Waals surface area (Å²) >= 11 is 0. The van der Waals surface area contributed by atoms with Gasteiger partial charge in [-0.15, -0.1) is 0 Å². The minimum Gasteiger partial charge on any atom is -0.396 e. The van der Waals surface area contributed by atoms with Gasteiger partial charge in [0.25, 0.3) is 0 Å². The minimum atomic E-state index is -0.0255. The van der Waals surface area contributed by atoms with Crippen molar-refractivity contribution in [1.82, 2.24) is 0 Å². The summed E-state index contributed by atoms with van der Waals surface area (Å²) in [6.45, 7) is 6.64. The second kappa shape index (κ2) is 6.97. The number of quaternary nitrogens is 1. The molecule has 122 valence electrons. The molecule has 2 aliphatic carbocycles. The number of hydrogen-bond acceptors (Lipinski definition) is 2. The molecule has 1 saturated heterocycles. The zero-order valence-corrected chi connectivity index (χ0v) is 13.6. The molecule has 1 aliphatic heterocycles. The van der Waals surface area contributed by atoms with Gasteiger partial charge in [-0.2, -0.15) is 0 Å². The molecule has 0 aromatic carbocycles. The second-order valence-corrected chi connectivity index (χ2v) is 8.20. The number of aliphatic hydroxyl groups is 2.